The monoisotopic (exact) mass is 368 g/mol. The molecule has 0 aliphatic rings. The minimum Gasteiger partial charge on any atom is -0.497 e. The minimum absolute atomic E-state index is 0.680. The van der Waals surface area contributed by atoms with Gasteiger partial charge in [0.1, 0.15) is 17.3 Å². The van der Waals surface area contributed by atoms with E-state index in [9.17, 15) is 0 Å². The van der Waals surface area contributed by atoms with Crippen molar-refractivity contribution in [1.29, 1.82) is 0 Å². The van der Waals surface area contributed by atoms with Crippen LogP contribution in [0.4, 0.5) is 5.82 Å². The van der Waals surface area contributed by atoms with E-state index < -0.39 is 0 Å². The van der Waals surface area contributed by atoms with Crippen molar-refractivity contribution >= 4 is 22.4 Å². The number of nitrogens with zero attached hydrogens (tertiary/aromatic N) is 3. The fourth-order valence-electron chi connectivity index (χ4n) is 3.04. The lowest BCUT2D eigenvalue weighted by Crippen LogP contribution is -2.09. The summed E-state index contributed by atoms with van der Waals surface area (Å²) in [4.78, 5) is 9.13. The first-order valence-electron chi connectivity index (χ1n) is 9.00. The number of benzene rings is 2. The van der Waals surface area contributed by atoms with Gasteiger partial charge in [-0.15, -0.1) is 0 Å². The lowest BCUT2D eigenvalue weighted by molar-refractivity contribution is 0.415. The number of rotatable bonds is 5. The second kappa shape index (κ2) is 7.88. The van der Waals surface area contributed by atoms with Crippen molar-refractivity contribution in [3.05, 3.63) is 95.8 Å². The van der Waals surface area contributed by atoms with Gasteiger partial charge < -0.3 is 4.74 Å². The molecule has 0 bridgehead atoms. The van der Waals surface area contributed by atoms with Gasteiger partial charge in [-0.1, -0.05) is 36.4 Å². The van der Waals surface area contributed by atoms with Crippen LogP contribution in [0.15, 0.2) is 84.1 Å². The number of anilines is 1. The van der Waals surface area contributed by atoms with Gasteiger partial charge in [-0.05, 0) is 48.9 Å². The number of hydrazone groups is 1. The molecule has 4 rings (SSSR count). The molecule has 0 radical (unpaired) electrons. The van der Waals surface area contributed by atoms with E-state index in [1.807, 2.05) is 72.8 Å². The molecule has 0 saturated carbocycles. The van der Waals surface area contributed by atoms with Crippen molar-refractivity contribution in [3.63, 3.8) is 0 Å². The fourth-order valence-corrected chi connectivity index (χ4v) is 3.04. The molecule has 138 valence electrons. The third kappa shape index (κ3) is 3.69. The molecule has 4 aromatic rings. The zero-order chi connectivity index (χ0) is 19.3. The Bertz CT molecular complexity index is 1080. The Hall–Kier alpha value is -3.73. The molecular formula is C23H20N4O. The summed E-state index contributed by atoms with van der Waals surface area (Å²) in [7, 11) is 1.66. The molecule has 0 aliphatic carbocycles. The second-order valence-corrected chi connectivity index (χ2v) is 6.36. The van der Waals surface area contributed by atoms with E-state index in [0.29, 0.717) is 5.82 Å². The topological polar surface area (TPSA) is 59.4 Å². The number of nitrogens with one attached hydrogen (secondary N) is 1. The Morgan fingerprint density at radius 1 is 0.964 bits per heavy atom. The molecule has 1 N–H and O–H groups in total. The van der Waals surface area contributed by atoms with E-state index in [0.717, 1.165) is 39.2 Å². The standard InChI is InChI=1S/C23H20N4O/c1-16-14-22(25-20-12-11-18(28-2)15-19(16)20)26-27-23(17-8-4-3-5-9-17)21-10-6-7-13-24-21/h3-15H,1-2H3,(H,25,26)/b27-23+. The van der Waals surface area contributed by atoms with Crippen LogP contribution < -0.4 is 10.2 Å². The van der Waals surface area contributed by atoms with E-state index in [1.54, 1.807) is 13.3 Å². The second-order valence-electron chi connectivity index (χ2n) is 6.36. The van der Waals surface area contributed by atoms with Crippen molar-refractivity contribution in [3.8, 4) is 5.75 Å². The molecule has 0 aliphatic heterocycles. The van der Waals surface area contributed by atoms with Gasteiger partial charge in [0.15, 0.2) is 0 Å². The average Bonchev–Trinajstić information content (AvgIpc) is 2.75. The predicted molar refractivity (Wildman–Crippen MR) is 113 cm³/mol. The molecule has 0 saturated heterocycles. The summed E-state index contributed by atoms with van der Waals surface area (Å²) in [5.41, 5.74) is 7.63. The smallest absolute Gasteiger partial charge is 0.147 e. The van der Waals surface area contributed by atoms with Crippen molar-refractivity contribution in [2.75, 3.05) is 12.5 Å². The summed E-state index contributed by atoms with van der Waals surface area (Å²) in [6, 6.07) is 23.6. The SMILES string of the molecule is COc1ccc2nc(N/N=C(\c3ccccc3)c3ccccn3)cc(C)c2c1. The van der Waals surface area contributed by atoms with Crippen molar-refractivity contribution in [1.82, 2.24) is 9.97 Å². The maximum Gasteiger partial charge on any atom is 0.147 e. The third-order valence-electron chi connectivity index (χ3n) is 4.46. The molecule has 2 heterocycles. The van der Waals surface area contributed by atoms with Crippen LogP contribution in [0.5, 0.6) is 5.75 Å². The summed E-state index contributed by atoms with van der Waals surface area (Å²) in [6.07, 6.45) is 1.76. The zero-order valence-electron chi connectivity index (χ0n) is 15.8. The van der Waals surface area contributed by atoms with E-state index in [-0.39, 0.29) is 0 Å². The van der Waals surface area contributed by atoms with Crippen LogP contribution in [-0.4, -0.2) is 22.8 Å². The quantitative estimate of drug-likeness (QED) is 0.406. The number of methoxy groups -OCH3 is 1. The van der Waals surface area contributed by atoms with Crippen LogP contribution in [-0.2, 0) is 0 Å². The van der Waals surface area contributed by atoms with Gasteiger partial charge in [-0.25, -0.2) is 4.98 Å². The minimum atomic E-state index is 0.680. The zero-order valence-corrected chi connectivity index (χ0v) is 15.8. The van der Waals surface area contributed by atoms with Crippen molar-refractivity contribution in [2.24, 2.45) is 5.10 Å². The number of hydrogen-bond acceptors (Lipinski definition) is 5. The molecular weight excluding hydrogens is 348 g/mol. The lowest BCUT2D eigenvalue weighted by atomic mass is 10.1. The Kier molecular flexibility index (Phi) is 4.97. The maximum absolute atomic E-state index is 5.31. The molecule has 5 heteroatoms. The van der Waals surface area contributed by atoms with Crippen LogP contribution in [0.3, 0.4) is 0 Å². The van der Waals surface area contributed by atoms with Crippen LogP contribution in [0.2, 0.25) is 0 Å². The van der Waals surface area contributed by atoms with Gasteiger partial charge in [0.25, 0.3) is 0 Å². The molecule has 0 spiro atoms. The van der Waals surface area contributed by atoms with Crippen molar-refractivity contribution in [2.45, 2.75) is 6.92 Å². The highest BCUT2D eigenvalue weighted by atomic mass is 16.5. The van der Waals surface area contributed by atoms with Gasteiger partial charge in [0, 0.05) is 17.1 Å². The first kappa shape index (κ1) is 17.7. The molecule has 0 unspecified atom stereocenters. The number of hydrogen-bond donors (Lipinski definition) is 1. The summed E-state index contributed by atoms with van der Waals surface area (Å²) >= 11 is 0. The molecule has 0 amide bonds. The predicted octanol–water partition coefficient (Wildman–Crippen LogP) is 4.81. The normalized spacial score (nSPS) is 11.4. The number of pyridine rings is 2. The van der Waals surface area contributed by atoms with E-state index >= 15 is 0 Å². The van der Waals surface area contributed by atoms with E-state index in [1.165, 1.54) is 0 Å². The third-order valence-corrected chi connectivity index (χ3v) is 4.46. The molecule has 28 heavy (non-hydrogen) atoms. The lowest BCUT2D eigenvalue weighted by Gasteiger charge is -2.10. The molecule has 2 aromatic carbocycles. The largest absolute Gasteiger partial charge is 0.497 e. The van der Waals surface area contributed by atoms with Gasteiger partial charge in [0.05, 0.1) is 18.3 Å². The Morgan fingerprint density at radius 3 is 2.54 bits per heavy atom. The van der Waals surface area contributed by atoms with Crippen LogP contribution >= 0.6 is 0 Å². The summed E-state index contributed by atoms with van der Waals surface area (Å²) in [5, 5.41) is 5.69. The molecule has 2 aromatic heterocycles. The average molecular weight is 368 g/mol. The highest BCUT2D eigenvalue weighted by molar-refractivity contribution is 6.11. The van der Waals surface area contributed by atoms with E-state index in [2.05, 4.69) is 27.4 Å². The highest BCUT2D eigenvalue weighted by Crippen LogP contribution is 2.24. The van der Waals surface area contributed by atoms with Gasteiger partial charge in [-0.2, -0.15) is 5.10 Å². The van der Waals surface area contributed by atoms with Gasteiger partial charge in [0.2, 0.25) is 0 Å². The Morgan fingerprint density at radius 2 is 1.79 bits per heavy atom. The summed E-state index contributed by atoms with van der Waals surface area (Å²) in [5.74, 6) is 1.50. The molecule has 0 fully saturated rings. The Labute approximate surface area is 163 Å². The number of aryl methyl sites for hydroxylation is 1. The van der Waals surface area contributed by atoms with Gasteiger partial charge >= 0.3 is 0 Å². The summed E-state index contributed by atoms with van der Waals surface area (Å²) in [6.45, 7) is 2.05. The Balaban J connectivity index is 1.72. The maximum atomic E-state index is 5.31. The number of aromatic nitrogens is 2. The van der Waals surface area contributed by atoms with Crippen LogP contribution in [0.25, 0.3) is 10.9 Å². The first-order chi connectivity index (χ1) is 13.7. The molecule has 0 atom stereocenters. The summed E-state index contributed by atoms with van der Waals surface area (Å²) < 4.78 is 5.31. The van der Waals surface area contributed by atoms with Gasteiger partial charge in [-0.3, -0.25) is 10.4 Å². The van der Waals surface area contributed by atoms with Crippen molar-refractivity contribution < 1.29 is 4.74 Å². The number of fused-ring (bicyclic) bond motifs is 1. The van der Waals surface area contributed by atoms with E-state index in [4.69, 9.17) is 4.74 Å². The highest BCUT2D eigenvalue weighted by Gasteiger charge is 2.09. The molecule has 5 nitrogen and oxygen atoms in total. The van der Waals surface area contributed by atoms with Crippen LogP contribution in [0.1, 0.15) is 16.8 Å². The van der Waals surface area contributed by atoms with Crippen LogP contribution in [0, 0.1) is 6.92 Å². The number of ether oxygens (including phenoxy) is 1. The first-order valence-corrected chi connectivity index (χ1v) is 9.00. The fraction of sp³-hybridized carbons (Fsp3) is 0.0870.